The lowest BCUT2D eigenvalue weighted by atomic mass is 9.99. The van der Waals surface area contributed by atoms with Gasteiger partial charge in [-0.1, -0.05) is 0 Å². The molecule has 0 radical (unpaired) electrons. The summed E-state index contributed by atoms with van der Waals surface area (Å²) in [6, 6.07) is 0. The topological polar surface area (TPSA) is 105 Å². The van der Waals surface area contributed by atoms with Crippen molar-refractivity contribution in [1.29, 1.82) is 0 Å². The van der Waals surface area contributed by atoms with Crippen molar-refractivity contribution in [2.75, 3.05) is 26.2 Å². The van der Waals surface area contributed by atoms with Gasteiger partial charge in [-0.2, -0.15) is 4.31 Å². The van der Waals surface area contributed by atoms with E-state index < -0.39 is 10.0 Å². The first-order valence-electron chi connectivity index (χ1n) is 6.85. The Morgan fingerprint density at radius 3 is 3.00 bits per heavy atom. The molecule has 1 fully saturated rings. The molecule has 3 N–H and O–H groups in total. The van der Waals surface area contributed by atoms with Gasteiger partial charge in [0, 0.05) is 26.2 Å². The van der Waals surface area contributed by atoms with Crippen molar-refractivity contribution < 1.29 is 13.2 Å². The van der Waals surface area contributed by atoms with Crippen molar-refractivity contribution in [2.24, 2.45) is 11.7 Å². The van der Waals surface area contributed by atoms with Gasteiger partial charge in [0.1, 0.15) is 0 Å². The van der Waals surface area contributed by atoms with E-state index in [4.69, 9.17) is 5.73 Å². The minimum absolute atomic E-state index is 0.124. The van der Waals surface area contributed by atoms with Gasteiger partial charge in [0.2, 0.25) is 5.91 Å². The van der Waals surface area contributed by atoms with Gasteiger partial charge in [0.05, 0.1) is 17.1 Å². The number of hydrogen-bond acceptors (Lipinski definition) is 6. The predicted octanol–water partition coefficient (Wildman–Crippen LogP) is -0.0729. The van der Waals surface area contributed by atoms with Crippen LogP contribution in [-0.4, -0.2) is 49.8 Å². The number of nitrogens with two attached hydrogens (primary N) is 1. The molecule has 1 aliphatic rings. The molecule has 1 saturated heterocycles. The number of carbonyl (C=O) groups is 1. The van der Waals surface area contributed by atoms with Gasteiger partial charge >= 0.3 is 0 Å². The number of piperidine rings is 1. The summed E-state index contributed by atoms with van der Waals surface area (Å²) in [4.78, 5) is 16.0. The molecule has 1 amide bonds. The van der Waals surface area contributed by atoms with E-state index in [1.165, 1.54) is 10.5 Å². The maximum absolute atomic E-state index is 12.5. The Morgan fingerprint density at radius 2 is 2.38 bits per heavy atom. The third-order valence-corrected chi connectivity index (χ3v) is 6.61. The van der Waals surface area contributed by atoms with Crippen LogP contribution in [0.25, 0.3) is 0 Å². The fourth-order valence-corrected chi connectivity index (χ4v) is 5.09. The van der Waals surface area contributed by atoms with E-state index in [-0.39, 0.29) is 22.6 Å². The van der Waals surface area contributed by atoms with Crippen molar-refractivity contribution >= 4 is 27.3 Å². The van der Waals surface area contributed by atoms with Crippen LogP contribution in [-0.2, 0) is 14.8 Å². The Labute approximate surface area is 128 Å². The molecule has 2 heterocycles. The Morgan fingerprint density at radius 1 is 1.62 bits per heavy atom. The third-order valence-electron chi connectivity index (χ3n) is 3.39. The van der Waals surface area contributed by atoms with E-state index >= 15 is 0 Å². The van der Waals surface area contributed by atoms with Gasteiger partial charge < -0.3 is 11.1 Å². The zero-order valence-corrected chi connectivity index (χ0v) is 13.5. The molecule has 0 aliphatic carbocycles. The van der Waals surface area contributed by atoms with Crippen LogP contribution in [0.4, 0.5) is 0 Å². The monoisotopic (exact) mass is 332 g/mol. The van der Waals surface area contributed by atoms with Crippen LogP contribution in [0.3, 0.4) is 0 Å². The van der Waals surface area contributed by atoms with Gasteiger partial charge in [-0.25, -0.2) is 13.4 Å². The van der Waals surface area contributed by atoms with E-state index in [9.17, 15) is 13.2 Å². The van der Waals surface area contributed by atoms with Crippen LogP contribution in [0.2, 0.25) is 0 Å². The molecule has 9 heteroatoms. The Balaban J connectivity index is 2.08. The van der Waals surface area contributed by atoms with Crippen molar-refractivity contribution in [2.45, 2.75) is 24.0 Å². The molecule has 0 saturated carbocycles. The maximum Gasteiger partial charge on any atom is 0.254 e. The van der Waals surface area contributed by atoms with Crippen LogP contribution < -0.4 is 11.1 Å². The Bertz CT molecular complexity index is 599. The molecule has 1 aromatic rings. The Kier molecular flexibility index (Phi) is 5.31. The molecule has 0 spiro atoms. The zero-order chi connectivity index (χ0) is 15.5. The molecular weight excluding hydrogens is 312 g/mol. The van der Waals surface area contributed by atoms with E-state index in [2.05, 4.69) is 10.3 Å². The maximum atomic E-state index is 12.5. The van der Waals surface area contributed by atoms with Crippen molar-refractivity contribution in [1.82, 2.24) is 14.6 Å². The lowest BCUT2D eigenvalue weighted by Crippen LogP contribution is -2.45. The molecule has 118 valence electrons. The van der Waals surface area contributed by atoms with Gasteiger partial charge in [0.15, 0.2) is 4.21 Å². The molecular formula is C12H20N4O3S2. The second kappa shape index (κ2) is 6.82. The number of sulfonamides is 1. The number of hydrogen-bond donors (Lipinski definition) is 2. The highest BCUT2D eigenvalue weighted by Gasteiger charge is 2.34. The Hall–Kier alpha value is -1.03. The van der Waals surface area contributed by atoms with Crippen molar-refractivity contribution in [3.8, 4) is 0 Å². The lowest BCUT2D eigenvalue weighted by Gasteiger charge is -2.30. The lowest BCUT2D eigenvalue weighted by molar-refractivity contribution is -0.126. The summed E-state index contributed by atoms with van der Waals surface area (Å²) < 4.78 is 26.7. The zero-order valence-electron chi connectivity index (χ0n) is 11.9. The summed E-state index contributed by atoms with van der Waals surface area (Å²) in [5.41, 5.74) is 5.35. The standard InChI is InChI=1S/C12H20N4O3S2/c1-9-15-7-11(20-9)21(18,19)16-6-2-3-10(8-16)12(17)14-5-4-13/h7,10H,2-6,8,13H2,1H3,(H,14,17). The van der Waals surface area contributed by atoms with Crippen LogP contribution >= 0.6 is 11.3 Å². The SMILES string of the molecule is Cc1ncc(S(=O)(=O)N2CCCC(C(=O)NCCN)C2)s1. The number of amides is 1. The summed E-state index contributed by atoms with van der Waals surface area (Å²) in [5, 5.41) is 3.43. The number of aryl methyl sites for hydroxylation is 1. The van der Waals surface area contributed by atoms with Crippen molar-refractivity contribution in [3.63, 3.8) is 0 Å². The second-order valence-electron chi connectivity index (χ2n) is 4.98. The molecule has 1 atom stereocenters. The van der Waals surface area contributed by atoms with Gasteiger partial charge in [0.25, 0.3) is 10.0 Å². The number of thiazole rings is 1. The first kappa shape index (κ1) is 16.3. The number of nitrogens with one attached hydrogen (secondary N) is 1. The summed E-state index contributed by atoms with van der Waals surface area (Å²) >= 11 is 1.15. The van der Waals surface area contributed by atoms with Crippen LogP contribution in [0, 0.1) is 12.8 Å². The number of aromatic nitrogens is 1. The smallest absolute Gasteiger partial charge is 0.254 e. The number of nitrogens with zero attached hydrogens (tertiary/aromatic N) is 2. The molecule has 1 aliphatic heterocycles. The highest BCUT2D eigenvalue weighted by atomic mass is 32.2. The summed E-state index contributed by atoms with van der Waals surface area (Å²) in [5.74, 6) is -0.435. The predicted molar refractivity (Wildman–Crippen MR) is 80.4 cm³/mol. The normalized spacial score (nSPS) is 20.4. The highest BCUT2D eigenvalue weighted by molar-refractivity contribution is 7.91. The number of carbonyl (C=O) groups excluding carboxylic acids is 1. The molecule has 21 heavy (non-hydrogen) atoms. The van der Waals surface area contributed by atoms with Crippen molar-refractivity contribution in [3.05, 3.63) is 11.2 Å². The van der Waals surface area contributed by atoms with Crippen LogP contribution in [0.1, 0.15) is 17.8 Å². The summed E-state index contributed by atoms with van der Waals surface area (Å²) in [7, 11) is -3.54. The average Bonchev–Trinajstić information content (AvgIpc) is 2.92. The quantitative estimate of drug-likeness (QED) is 0.785. The minimum Gasteiger partial charge on any atom is -0.355 e. The molecule has 1 aromatic heterocycles. The van der Waals surface area contributed by atoms with Gasteiger partial charge in [-0.05, 0) is 19.8 Å². The molecule has 1 unspecified atom stereocenters. The molecule has 0 bridgehead atoms. The average molecular weight is 332 g/mol. The number of rotatable bonds is 5. The fourth-order valence-electron chi connectivity index (χ4n) is 2.30. The fraction of sp³-hybridized carbons (Fsp3) is 0.667. The summed E-state index contributed by atoms with van der Waals surface area (Å²) in [6.45, 7) is 3.22. The molecule has 2 rings (SSSR count). The largest absolute Gasteiger partial charge is 0.355 e. The van der Waals surface area contributed by atoms with Gasteiger partial charge in [-0.15, -0.1) is 11.3 Å². The van der Waals surface area contributed by atoms with Crippen LogP contribution in [0.15, 0.2) is 10.4 Å². The van der Waals surface area contributed by atoms with E-state index in [0.717, 1.165) is 11.3 Å². The molecule has 7 nitrogen and oxygen atoms in total. The molecule has 0 aromatic carbocycles. The minimum atomic E-state index is -3.54. The van der Waals surface area contributed by atoms with Gasteiger partial charge in [-0.3, -0.25) is 4.79 Å². The third kappa shape index (κ3) is 3.79. The second-order valence-corrected chi connectivity index (χ2v) is 8.38. The summed E-state index contributed by atoms with van der Waals surface area (Å²) in [6.07, 6.45) is 2.76. The van der Waals surface area contributed by atoms with E-state index in [1.807, 2.05) is 0 Å². The van der Waals surface area contributed by atoms with E-state index in [0.29, 0.717) is 37.5 Å². The first-order valence-corrected chi connectivity index (χ1v) is 9.11. The van der Waals surface area contributed by atoms with E-state index in [1.54, 1.807) is 6.92 Å². The highest BCUT2D eigenvalue weighted by Crippen LogP contribution is 2.26. The first-order chi connectivity index (χ1) is 9.95. The van der Waals surface area contributed by atoms with Crippen LogP contribution in [0.5, 0.6) is 0 Å².